The summed E-state index contributed by atoms with van der Waals surface area (Å²) < 4.78 is 0. The Morgan fingerprint density at radius 2 is 1.67 bits per heavy atom. The van der Waals surface area contributed by atoms with Gasteiger partial charge in [0.15, 0.2) is 0 Å². The van der Waals surface area contributed by atoms with Crippen LogP contribution in [0.1, 0.15) is 29.7 Å². The highest BCUT2D eigenvalue weighted by Crippen LogP contribution is 2.21. The lowest BCUT2D eigenvalue weighted by molar-refractivity contribution is 0.264. The summed E-state index contributed by atoms with van der Waals surface area (Å²) in [7, 11) is 2.16. The first kappa shape index (κ1) is 16.0. The van der Waals surface area contributed by atoms with E-state index in [1.807, 2.05) is 18.2 Å². The van der Waals surface area contributed by atoms with Gasteiger partial charge >= 0.3 is 0 Å². The summed E-state index contributed by atoms with van der Waals surface area (Å²) in [5.41, 5.74) is 9.67. The van der Waals surface area contributed by atoms with Gasteiger partial charge in [0.25, 0.3) is 0 Å². The quantitative estimate of drug-likeness (QED) is 0.873. The van der Waals surface area contributed by atoms with Gasteiger partial charge in [-0.05, 0) is 49.2 Å². The Kier molecular flexibility index (Phi) is 5.80. The summed E-state index contributed by atoms with van der Waals surface area (Å²) in [5, 5.41) is 0.783. The van der Waals surface area contributed by atoms with Crippen LogP contribution in [0.5, 0.6) is 0 Å². The second-order valence-electron chi connectivity index (χ2n) is 5.43. The van der Waals surface area contributed by atoms with Gasteiger partial charge in [0.1, 0.15) is 0 Å². The molecule has 0 bridgehead atoms. The van der Waals surface area contributed by atoms with E-state index in [0.717, 1.165) is 18.0 Å². The first-order valence-corrected chi connectivity index (χ1v) is 7.72. The van der Waals surface area contributed by atoms with Crippen LogP contribution >= 0.6 is 11.6 Å². The zero-order valence-electron chi connectivity index (χ0n) is 12.7. The first-order chi connectivity index (χ1) is 10.1. The van der Waals surface area contributed by atoms with E-state index < -0.39 is 0 Å². The van der Waals surface area contributed by atoms with Gasteiger partial charge in [0, 0.05) is 24.2 Å². The molecule has 2 N–H and O–H groups in total. The van der Waals surface area contributed by atoms with Gasteiger partial charge in [-0.1, -0.05) is 48.0 Å². The third kappa shape index (κ3) is 4.31. The van der Waals surface area contributed by atoms with Crippen LogP contribution in [-0.4, -0.2) is 18.5 Å². The lowest BCUT2D eigenvalue weighted by atomic mass is 10.0. The van der Waals surface area contributed by atoms with Crippen molar-refractivity contribution in [3.8, 4) is 0 Å². The number of nitrogens with two attached hydrogens (primary N) is 1. The molecule has 0 spiro atoms. The minimum atomic E-state index is 0.368. The number of likely N-dealkylation sites (N-methyl/N-ethyl adjacent to an activating group) is 1. The molecule has 21 heavy (non-hydrogen) atoms. The van der Waals surface area contributed by atoms with E-state index in [2.05, 4.69) is 49.2 Å². The average molecular weight is 303 g/mol. The summed E-state index contributed by atoms with van der Waals surface area (Å²) in [4.78, 5) is 2.36. The van der Waals surface area contributed by atoms with Gasteiger partial charge in [-0.2, -0.15) is 0 Å². The van der Waals surface area contributed by atoms with E-state index in [4.69, 9.17) is 17.3 Å². The molecule has 0 aliphatic heterocycles. The summed E-state index contributed by atoms with van der Waals surface area (Å²) >= 11 is 5.95. The largest absolute Gasteiger partial charge is 0.326 e. The Morgan fingerprint density at radius 3 is 2.29 bits per heavy atom. The van der Waals surface area contributed by atoms with Gasteiger partial charge in [-0.25, -0.2) is 0 Å². The molecule has 0 heterocycles. The van der Waals surface area contributed by atoms with Gasteiger partial charge in [-0.15, -0.1) is 0 Å². The molecule has 2 aromatic carbocycles. The van der Waals surface area contributed by atoms with Crippen molar-refractivity contribution >= 4 is 11.6 Å². The fraction of sp³-hybridized carbons (Fsp3) is 0.333. The Labute approximate surface area is 132 Å². The third-order valence-electron chi connectivity index (χ3n) is 4.09. The van der Waals surface area contributed by atoms with Gasteiger partial charge in [-0.3, -0.25) is 4.90 Å². The highest BCUT2D eigenvalue weighted by molar-refractivity contribution is 6.30. The van der Waals surface area contributed by atoms with Crippen molar-refractivity contribution in [3.63, 3.8) is 0 Å². The maximum atomic E-state index is 5.95. The second kappa shape index (κ2) is 7.60. The number of hydrogen-bond donors (Lipinski definition) is 1. The van der Waals surface area contributed by atoms with E-state index in [0.29, 0.717) is 12.6 Å². The van der Waals surface area contributed by atoms with E-state index in [1.54, 1.807) is 0 Å². The summed E-state index contributed by atoms with van der Waals surface area (Å²) in [5.74, 6) is 0. The monoisotopic (exact) mass is 302 g/mol. The van der Waals surface area contributed by atoms with Gasteiger partial charge < -0.3 is 5.73 Å². The Balaban J connectivity index is 1.97. The van der Waals surface area contributed by atoms with Crippen LogP contribution in [0.4, 0.5) is 0 Å². The molecular formula is C18H23ClN2. The molecule has 0 amide bonds. The summed E-state index contributed by atoms with van der Waals surface area (Å²) in [6.07, 6.45) is 1.02. The second-order valence-corrected chi connectivity index (χ2v) is 5.87. The Hall–Kier alpha value is -1.35. The van der Waals surface area contributed by atoms with Crippen molar-refractivity contribution < 1.29 is 0 Å². The molecular weight excluding hydrogens is 280 g/mol. The minimum absolute atomic E-state index is 0.368. The van der Waals surface area contributed by atoms with Crippen LogP contribution in [0.25, 0.3) is 0 Å². The fourth-order valence-electron chi connectivity index (χ4n) is 2.49. The molecule has 0 aliphatic carbocycles. The van der Waals surface area contributed by atoms with Gasteiger partial charge in [0.2, 0.25) is 0 Å². The minimum Gasteiger partial charge on any atom is -0.326 e. The van der Waals surface area contributed by atoms with Crippen LogP contribution in [0.3, 0.4) is 0 Å². The van der Waals surface area contributed by atoms with Crippen LogP contribution in [0, 0.1) is 0 Å². The molecule has 1 atom stereocenters. The predicted octanol–water partition coefficient (Wildman–Crippen LogP) is 4.03. The number of benzene rings is 2. The molecule has 0 saturated heterocycles. The first-order valence-electron chi connectivity index (χ1n) is 7.34. The summed E-state index contributed by atoms with van der Waals surface area (Å²) in [6.45, 7) is 3.82. The maximum Gasteiger partial charge on any atom is 0.0406 e. The molecule has 1 unspecified atom stereocenters. The SMILES string of the molecule is CC(c1ccc(Cl)cc1)N(C)CCc1ccccc1CN. The van der Waals surface area contributed by atoms with Crippen LogP contribution in [0.15, 0.2) is 48.5 Å². The number of halogens is 1. The van der Waals surface area contributed by atoms with Crippen molar-refractivity contribution in [3.05, 3.63) is 70.2 Å². The normalized spacial score (nSPS) is 12.6. The lowest BCUT2D eigenvalue weighted by Crippen LogP contribution is -2.25. The zero-order valence-corrected chi connectivity index (χ0v) is 13.5. The van der Waals surface area contributed by atoms with Crippen LogP contribution < -0.4 is 5.73 Å². The van der Waals surface area contributed by atoms with E-state index in [1.165, 1.54) is 16.7 Å². The molecule has 2 nitrogen and oxygen atoms in total. The Bertz CT molecular complexity index is 566. The molecule has 0 aromatic heterocycles. The molecule has 2 aromatic rings. The Morgan fingerprint density at radius 1 is 1.05 bits per heavy atom. The molecule has 0 fully saturated rings. The van der Waals surface area contributed by atoms with Gasteiger partial charge in [0.05, 0.1) is 0 Å². The summed E-state index contributed by atoms with van der Waals surface area (Å²) in [6, 6.07) is 16.9. The van der Waals surface area contributed by atoms with Crippen LogP contribution in [-0.2, 0) is 13.0 Å². The molecule has 2 rings (SSSR count). The molecule has 0 aliphatic rings. The lowest BCUT2D eigenvalue weighted by Gasteiger charge is -2.25. The standard InChI is InChI=1S/C18H23ClN2/c1-14(15-7-9-18(19)10-8-15)21(2)12-11-16-5-3-4-6-17(16)13-20/h3-10,14H,11-13,20H2,1-2H3. The van der Waals surface area contributed by atoms with E-state index in [9.17, 15) is 0 Å². The van der Waals surface area contributed by atoms with Crippen molar-refractivity contribution in [2.45, 2.75) is 25.9 Å². The smallest absolute Gasteiger partial charge is 0.0406 e. The van der Waals surface area contributed by atoms with Crippen molar-refractivity contribution in [2.24, 2.45) is 5.73 Å². The fourth-order valence-corrected chi connectivity index (χ4v) is 2.61. The van der Waals surface area contributed by atoms with Crippen LogP contribution in [0.2, 0.25) is 5.02 Å². The van der Waals surface area contributed by atoms with E-state index >= 15 is 0 Å². The molecule has 112 valence electrons. The zero-order chi connectivity index (χ0) is 15.2. The number of hydrogen-bond acceptors (Lipinski definition) is 2. The third-order valence-corrected chi connectivity index (χ3v) is 4.34. The molecule has 0 saturated carbocycles. The molecule has 0 radical (unpaired) electrons. The maximum absolute atomic E-state index is 5.95. The van der Waals surface area contributed by atoms with Crippen molar-refractivity contribution in [2.75, 3.05) is 13.6 Å². The highest BCUT2D eigenvalue weighted by atomic mass is 35.5. The molecule has 3 heteroatoms. The topological polar surface area (TPSA) is 29.3 Å². The van der Waals surface area contributed by atoms with Crippen molar-refractivity contribution in [1.82, 2.24) is 4.90 Å². The highest BCUT2D eigenvalue weighted by Gasteiger charge is 2.12. The number of rotatable bonds is 6. The number of nitrogens with zero attached hydrogens (tertiary/aromatic N) is 1. The predicted molar refractivity (Wildman–Crippen MR) is 90.5 cm³/mol. The van der Waals surface area contributed by atoms with E-state index in [-0.39, 0.29) is 0 Å². The van der Waals surface area contributed by atoms with Crippen molar-refractivity contribution in [1.29, 1.82) is 0 Å². The average Bonchev–Trinajstić information content (AvgIpc) is 2.52.